The summed E-state index contributed by atoms with van der Waals surface area (Å²) in [6.07, 6.45) is 1.38. The number of amides is 1. The Morgan fingerprint density at radius 1 is 1.14 bits per heavy atom. The Kier molecular flexibility index (Phi) is 5.38. The van der Waals surface area contributed by atoms with Gasteiger partial charge in [0, 0.05) is 31.5 Å². The fraction of sp³-hybridized carbons (Fsp3) is 0.435. The van der Waals surface area contributed by atoms with Gasteiger partial charge in [-0.2, -0.15) is 0 Å². The highest BCUT2D eigenvalue weighted by Crippen LogP contribution is 2.44. The molecular weight excluding hydrogens is 354 g/mol. The maximum absolute atomic E-state index is 12.8. The number of carbonyl (C=O) groups is 1. The van der Waals surface area contributed by atoms with Crippen LogP contribution in [0.3, 0.4) is 0 Å². The van der Waals surface area contributed by atoms with Gasteiger partial charge in [-0.05, 0) is 35.1 Å². The van der Waals surface area contributed by atoms with E-state index >= 15 is 0 Å². The molecule has 0 saturated carbocycles. The molecule has 2 aromatic rings. The van der Waals surface area contributed by atoms with Crippen LogP contribution in [0.5, 0.6) is 0 Å². The zero-order valence-electron chi connectivity index (χ0n) is 16.3. The Balaban J connectivity index is 1.47. The molecule has 1 amide bonds. The summed E-state index contributed by atoms with van der Waals surface area (Å²) in [7, 11) is 1.63. The molecule has 5 heteroatoms. The summed E-state index contributed by atoms with van der Waals surface area (Å²) in [6.45, 7) is 1.89. The number of piperidine rings is 1. The minimum absolute atomic E-state index is 0.00793. The maximum Gasteiger partial charge on any atom is 0.409 e. The van der Waals surface area contributed by atoms with Crippen molar-refractivity contribution in [2.45, 2.75) is 18.8 Å². The molecule has 1 aliphatic heterocycles. The predicted molar refractivity (Wildman–Crippen MR) is 107 cm³/mol. The first-order valence-electron chi connectivity index (χ1n) is 9.87. The second kappa shape index (κ2) is 7.94. The van der Waals surface area contributed by atoms with Crippen LogP contribution in [-0.4, -0.2) is 56.1 Å². The van der Waals surface area contributed by atoms with E-state index in [4.69, 9.17) is 9.47 Å². The number of methoxy groups -OCH3 is 1. The number of benzene rings is 2. The fourth-order valence-corrected chi connectivity index (χ4v) is 4.65. The number of hydrogen-bond acceptors (Lipinski definition) is 4. The first-order chi connectivity index (χ1) is 13.7. The summed E-state index contributed by atoms with van der Waals surface area (Å²) in [5, 5.41) is 9.83. The zero-order chi connectivity index (χ0) is 19.6. The third kappa shape index (κ3) is 3.40. The Hall–Kier alpha value is -2.37. The third-order valence-electron chi connectivity index (χ3n) is 6.04. The summed E-state index contributed by atoms with van der Waals surface area (Å²) in [5.41, 5.74) is 4.46. The number of likely N-dealkylation sites (tertiary alicyclic amines) is 1. The van der Waals surface area contributed by atoms with E-state index in [-0.39, 0.29) is 18.6 Å². The molecule has 1 unspecified atom stereocenters. The van der Waals surface area contributed by atoms with E-state index in [9.17, 15) is 9.90 Å². The SMILES string of the molecule is COCC1(CO)CCCN(C(=O)OCC2c3ccccc3-c3ccccc32)C1. The lowest BCUT2D eigenvalue weighted by Gasteiger charge is -2.40. The van der Waals surface area contributed by atoms with Gasteiger partial charge in [-0.25, -0.2) is 4.79 Å². The molecule has 0 spiro atoms. The van der Waals surface area contributed by atoms with Crippen molar-refractivity contribution < 1.29 is 19.4 Å². The number of aliphatic hydroxyl groups is 1. The molecule has 0 radical (unpaired) electrons. The second-order valence-corrected chi connectivity index (χ2v) is 7.92. The molecule has 5 nitrogen and oxygen atoms in total. The molecule has 4 rings (SSSR count). The summed E-state index contributed by atoms with van der Waals surface area (Å²) >= 11 is 0. The van der Waals surface area contributed by atoms with E-state index in [1.165, 1.54) is 22.3 Å². The highest BCUT2D eigenvalue weighted by molar-refractivity contribution is 5.79. The normalized spacial score (nSPS) is 21.3. The first-order valence-corrected chi connectivity index (χ1v) is 9.87. The van der Waals surface area contributed by atoms with Gasteiger partial charge in [0.1, 0.15) is 6.61 Å². The third-order valence-corrected chi connectivity index (χ3v) is 6.04. The highest BCUT2D eigenvalue weighted by atomic mass is 16.6. The van der Waals surface area contributed by atoms with Crippen molar-refractivity contribution in [1.82, 2.24) is 4.90 Å². The van der Waals surface area contributed by atoms with Gasteiger partial charge >= 0.3 is 6.09 Å². The first kappa shape index (κ1) is 19.0. The van der Waals surface area contributed by atoms with Crippen LogP contribution in [-0.2, 0) is 9.47 Å². The van der Waals surface area contributed by atoms with Crippen molar-refractivity contribution in [1.29, 1.82) is 0 Å². The van der Waals surface area contributed by atoms with Crippen molar-refractivity contribution in [2.24, 2.45) is 5.41 Å². The van der Waals surface area contributed by atoms with Crippen molar-refractivity contribution in [3.63, 3.8) is 0 Å². The zero-order valence-corrected chi connectivity index (χ0v) is 16.3. The quantitative estimate of drug-likeness (QED) is 0.859. The molecule has 28 heavy (non-hydrogen) atoms. The molecule has 2 aromatic carbocycles. The highest BCUT2D eigenvalue weighted by Gasteiger charge is 2.38. The van der Waals surface area contributed by atoms with Gasteiger partial charge < -0.3 is 19.5 Å². The van der Waals surface area contributed by atoms with Crippen molar-refractivity contribution >= 4 is 6.09 Å². The molecule has 1 heterocycles. The minimum Gasteiger partial charge on any atom is -0.448 e. The summed E-state index contributed by atoms with van der Waals surface area (Å²) in [4.78, 5) is 14.5. The number of aliphatic hydroxyl groups excluding tert-OH is 1. The molecule has 0 aromatic heterocycles. The Morgan fingerprint density at radius 2 is 1.79 bits per heavy atom. The smallest absolute Gasteiger partial charge is 0.409 e. The monoisotopic (exact) mass is 381 g/mol. The van der Waals surface area contributed by atoms with E-state index in [0.29, 0.717) is 26.3 Å². The molecule has 1 fully saturated rings. The van der Waals surface area contributed by atoms with Gasteiger partial charge in [0.25, 0.3) is 0 Å². The maximum atomic E-state index is 12.8. The van der Waals surface area contributed by atoms with Crippen LogP contribution < -0.4 is 0 Å². The van der Waals surface area contributed by atoms with Crippen LogP contribution in [0.25, 0.3) is 11.1 Å². The number of nitrogens with zero attached hydrogens (tertiary/aromatic N) is 1. The largest absolute Gasteiger partial charge is 0.448 e. The molecule has 2 aliphatic rings. The minimum atomic E-state index is -0.390. The van der Waals surface area contributed by atoms with E-state index in [0.717, 1.165) is 12.8 Å². The summed E-state index contributed by atoms with van der Waals surface area (Å²) in [6, 6.07) is 16.6. The van der Waals surface area contributed by atoms with E-state index in [2.05, 4.69) is 24.3 Å². The van der Waals surface area contributed by atoms with Gasteiger partial charge in [-0.15, -0.1) is 0 Å². The molecule has 148 valence electrons. The van der Waals surface area contributed by atoms with Crippen LogP contribution in [0.2, 0.25) is 0 Å². The van der Waals surface area contributed by atoms with Crippen molar-refractivity contribution in [3.8, 4) is 11.1 Å². The van der Waals surface area contributed by atoms with Gasteiger partial charge in [0.05, 0.1) is 13.2 Å². The number of fused-ring (bicyclic) bond motifs is 3. The number of rotatable bonds is 5. The standard InChI is InChI=1S/C23H27NO4/c1-27-16-23(15-25)11-6-12-24(14-23)22(26)28-13-21-19-9-4-2-7-17(19)18-8-3-5-10-20(18)21/h2-5,7-10,21,25H,6,11-16H2,1H3. The molecule has 1 atom stereocenters. The Bertz CT molecular complexity index is 803. The lowest BCUT2D eigenvalue weighted by molar-refractivity contribution is -0.0247. The molecular formula is C23H27NO4. The number of hydrogen-bond donors (Lipinski definition) is 1. The molecule has 1 N–H and O–H groups in total. The average Bonchev–Trinajstić information content (AvgIpc) is 3.06. The van der Waals surface area contributed by atoms with Gasteiger partial charge in [0.2, 0.25) is 0 Å². The van der Waals surface area contributed by atoms with Crippen LogP contribution >= 0.6 is 0 Å². The van der Waals surface area contributed by atoms with E-state index in [1.807, 2.05) is 24.3 Å². The summed E-state index contributed by atoms with van der Waals surface area (Å²) < 4.78 is 11.0. The fourth-order valence-electron chi connectivity index (χ4n) is 4.65. The topological polar surface area (TPSA) is 59.0 Å². The summed E-state index contributed by atoms with van der Waals surface area (Å²) in [5.74, 6) is 0.0581. The van der Waals surface area contributed by atoms with Crippen molar-refractivity contribution in [2.75, 3.05) is 40.0 Å². The lowest BCUT2D eigenvalue weighted by atomic mass is 9.81. The van der Waals surface area contributed by atoms with Gasteiger partial charge in [0.15, 0.2) is 0 Å². The van der Waals surface area contributed by atoms with E-state index < -0.39 is 5.41 Å². The Morgan fingerprint density at radius 3 is 2.39 bits per heavy atom. The van der Waals surface area contributed by atoms with E-state index in [1.54, 1.807) is 12.0 Å². The molecule has 1 saturated heterocycles. The molecule has 0 bridgehead atoms. The van der Waals surface area contributed by atoms with Crippen LogP contribution in [0, 0.1) is 5.41 Å². The van der Waals surface area contributed by atoms with Crippen LogP contribution in [0.15, 0.2) is 48.5 Å². The van der Waals surface area contributed by atoms with Crippen LogP contribution in [0.1, 0.15) is 29.9 Å². The second-order valence-electron chi connectivity index (χ2n) is 7.92. The van der Waals surface area contributed by atoms with Gasteiger partial charge in [-0.3, -0.25) is 0 Å². The number of carbonyl (C=O) groups excluding carboxylic acids is 1. The predicted octanol–water partition coefficient (Wildman–Crippen LogP) is 3.66. The number of ether oxygens (including phenoxy) is 2. The lowest BCUT2D eigenvalue weighted by Crippen LogP contribution is -2.50. The van der Waals surface area contributed by atoms with Crippen LogP contribution in [0.4, 0.5) is 4.79 Å². The van der Waals surface area contributed by atoms with Gasteiger partial charge in [-0.1, -0.05) is 48.5 Å². The molecule has 1 aliphatic carbocycles. The Labute approximate surface area is 165 Å². The van der Waals surface area contributed by atoms with Crippen molar-refractivity contribution in [3.05, 3.63) is 59.7 Å². The average molecular weight is 381 g/mol.